The second kappa shape index (κ2) is 7.17. The molecule has 0 atom stereocenters. The summed E-state index contributed by atoms with van der Waals surface area (Å²) < 4.78 is 0. The quantitative estimate of drug-likeness (QED) is 0.694. The van der Waals surface area contributed by atoms with Crippen molar-refractivity contribution >= 4 is 43.9 Å². The number of thiophene rings is 1. The molecule has 0 aliphatic rings. The monoisotopic (exact) mass is 374 g/mol. The molecule has 3 aromatic heterocycles. The van der Waals surface area contributed by atoms with Crippen LogP contribution in [0.5, 0.6) is 0 Å². The van der Waals surface area contributed by atoms with Gasteiger partial charge in [0.1, 0.15) is 10.7 Å². The van der Waals surface area contributed by atoms with Crippen LogP contribution in [0.3, 0.4) is 0 Å². The number of carbonyl (C=O) groups is 1. The highest BCUT2D eigenvalue weighted by Crippen LogP contribution is 2.32. The Hall–Kier alpha value is -1.86. The molecule has 0 aliphatic carbocycles. The number of hydrogen-bond acceptors (Lipinski definition) is 6. The molecule has 0 aromatic carbocycles. The Labute approximate surface area is 155 Å². The zero-order chi connectivity index (χ0) is 18.1. The van der Waals surface area contributed by atoms with E-state index in [0.717, 1.165) is 52.3 Å². The minimum atomic E-state index is -0.114. The summed E-state index contributed by atoms with van der Waals surface area (Å²) >= 11 is 2.99. The van der Waals surface area contributed by atoms with E-state index in [1.807, 2.05) is 20.8 Å². The van der Waals surface area contributed by atoms with Gasteiger partial charge in [-0.25, -0.2) is 15.0 Å². The van der Waals surface area contributed by atoms with Gasteiger partial charge in [-0.15, -0.1) is 22.7 Å². The van der Waals surface area contributed by atoms with Crippen LogP contribution in [0, 0.1) is 20.8 Å². The number of rotatable bonds is 5. The summed E-state index contributed by atoms with van der Waals surface area (Å²) in [4.78, 5) is 29.1. The van der Waals surface area contributed by atoms with Crippen LogP contribution in [0.2, 0.25) is 0 Å². The molecule has 3 aromatic rings. The van der Waals surface area contributed by atoms with Crippen molar-refractivity contribution in [3.63, 3.8) is 0 Å². The molecule has 0 unspecified atom stereocenters. The normalized spacial score (nSPS) is 11.2. The number of thiazole rings is 1. The fourth-order valence-electron chi connectivity index (χ4n) is 2.99. The molecule has 3 rings (SSSR count). The van der Waals surface area contributed by atoms with Crippen LogP contribution in [0.25, 0.3) is 10.2 Å². The van der Waals surface area contributed by atoms with Crippen LogP contribution in [0.4, 0.5) is 5.13 Å². The van der Waals surface area contributed by atoms with Crippen LogP contribution in [-0.2, 0) is 12.8 Å². The molecule has 0 radical (unpaired) electrons. The van der Waals surface area contributed by atoms with Crippen LogP contribution in [0.15, 0.2) is 0 Å². The minimum Gasteiger partial charge on any atom is -0.297 e. The summed E-state index contributed by atoms with van der Waals surface area (Å²) in [6, 6.07) is 0. The number of carbonyl (C=O) groups excluding carboxylic acids is 1. The van der Waals surface area contributed by atoms with Crippen LogP contribution in [-0.4, -0.2) is 20.9 Å². The fourth-order valence-corrected chi connectivity index (χ4v) is 5.10. The van der Waals surface area contributed by atoms with Gasteiger partial charge in [0.25, 0.3) is 5.91 Å². The number of anilines is 1. The summed E-state index contributed by atoms with van der Waals surface area (Å²) in [6.45, 7) is 10.1. The molecule has 0 fully saturated rings. The Kier molecular flexibility index (Phi) is 5.15. The van der Waals surface area contributed by atoms with Crippen molar-refractivity contribution in [1.82, 2.24) is 15.0 Å². The summed E-state index contributed by atoms with van der Waals surface area (Å²) in [5, 5.41) is 4.65. The molecule has 1 amide bonds. The summed E-state index contributed by atoms with van der Waals surface area (Å²) in [6.07, 6.45) is 2.95. The molecule has 0 bridgehead atoms. The van der Waals surface area contributed by atoms with Gasteiger partial charge < -0.3 is 0 Å². The third kappa shape index (κ3) is 3.43. The number of hydrogen-bond donors (Lipinski definition) is 1. The zero-order valence-corrected chi connectivity index (χ0v) is 16.8. The van der Waals surface area contributed by atoms with Gasteiger partial charge in [-0.05, 0) is 39.2 Å². The number of fused-ring (bicyclic) bond motifs is 1. The van der Waals surface area contributed by atoms with Crippen molar-refractivity contribution in [3.05, 3.63) is 32.5 Å². The van der Waals surface area contributed by atoms with E-state index in [0.29, 0.717) is 10.0 Å². The molecular weight excluding hydrogens is 352 g/mol. The second-order valence-corrected chi connectivity index (χ2v) is 8.12. The molecule has 0 spiro atoms. The van der Waals surface area contributed by atoms with E-state index in [1.54, 1.807) is 11.3 Å². The largest absolute Gasteiger partial charge is 0.297 e. The predicted octanol–water partition coefficient (Wildman–Crippen LogP) is 4.84. The standard InChI is InChI=1S/C18H22N4OS2/c1-6-8-12-13(7-2)24-18(21-12)22-16(23)15-9(3)14-10(4)19-11(5)20-17(14)25-15/h6-8H2,1-5H3,(H,21,22,23). The third-order valence-electron chi connectivity index (χ3n) is 4.10. The molecule has 132 valence electrons. The maximum absolute atomic E-state index is 12.8. The van der Waals surface area contributed by atoms with Gasteiger partial charge >= 0.3 is 0 Å². The molecule has 0 saturated heterocycles. The topological polar surface area (TPSA) is 67.8 Å². The van der Waals surface area contributed by atoms with E-state index in [1.165, 1.54) is 16.2 Å². The summed E-state index contributed by atoms with van der Waals surface area (Å²) in [5.41, 5.74) is 2.97. The highest BCUT2D eigenvalue weighted by molar-refractivity contribution is 7.21. The predicted molar refractivity (Wildman–Crippen MR) is 105 cm³/mol. The van der Waals surface area contributed by atoms with Gasteiger partial charge in [-0.1, -0.05) is 20.3 Å². The smallest absolute Gasteiger partial charge is 0.267 e. The lowest BCUT2D eigenvalue weighted by Crippen LogP contribution is -2.11. The summed E-state index contributed by atoms with van der Waals surface area (Å²) in [5.74, 6) is 0.618. The lowest BCUT2D eigenvalue weighted by molar-refractivity contribution is 0.103. The molecule has 25 heavy (non-hydrogen) atoms. The average molecular weight is 375 g/mol. The lowest BCUT2D eigenvalue weighted by atomic mass is 10.1. The van der Waals surface area contributed by atoms with Crippen molar-refractivity contribution in [2.75, 3.05) is 5.32 Å². The van der Waals surface area contributed by atoms with Crippen molar-refractivity contribution in [3.8, 4) is 0 Å². The van der Waals surface area contributed by atoms with E-state index in [4.69, 9.17) is 0 Å². The highest BCUT2D eigenvalue weighted by atomic mass is 32.1. The number of aryl methyl sites for hydroxylation is 5. The first kappa shape index (κ1) is 17.9. The number of nitrogens with one attached hydrogen (secondary N) is 1. The lowest BCUT2D eigenvalue weighted by Gasteiger charge is -2.01. The van der Waals surface area contributed by atoms with Gasteiger partial charge in [0.05, 0.1) is 10.6 Å². The maximum Gasteiger partial charge on any atom is 0.267 e. The summed E-state index contributed by atoms with van der Waals surface area (Å²) in [7, 11) is 0. The second-order valence-electron chi connectivity index (χ2n) is 6.04. The minimum absolute atomic E-state index is 0.114. The number of amides is 1. The van der Waals surface area contributed by atoms with E-state index in [2.05, 4.69) is 34.1 Å². The van der Waals surface area contributed by atoms with Crippen LogP contribution < -0.4 is 5.32 Å². The van der Waals surface area contributed by atoms with Crippen molar-refractivity contribution in [1.29, 1.82) is 0 Å². The van der Waals surface area contributed by atoms with E-state index >= 15 is 0 Å². The zero-order valence-electron chi connectivity index (χ0n) is 15.2. The molecule has 0 saturated carbocycles. The van der Waals surface area contributed by atoms with Crippen LogP contribution in [0.1, 0.15) is 57.6 Å². The van der Waals surface area contributed by atoms with E-state index in [-0.39, 0.29) is 5.91 Å². The van der Waals surface area contributed by atoms with Gasteiger partial charge in [0.15, 0.2) is 5.13 Å². The van der Waals surface area contributed by atoms with Crippen molar-refractivity contribution in [2.45, 2.75) is 53.9 Å². The van der Waals surface area contributed by atoms with Crippen LogP contribution >= 0.6 is 22.7 Å². The Morgan fingerprint density at radius 3 is 2.52 bits per heavy atom. The molecule has 0 aliphatic heterocycles. The Bertz CT molecular complexity index is 942. The van der Waals surface area contributed by atoms with Gasteiger partial charge in [-0.3, -0.25) is 10.1 Å². The first-order valence-corrected chi connectivity index (χ1v) is 10.1. The van der Waals surface area contributed by atoms with Gasteiger partial charge in [-0.2, -0.15) is 0 Å². The Morgan fingerprint density at radius 1 is 1.08 bits per heavy atom. The number of nitrogens with zero attached hydrogens (tertiary/aromatic N) is 3. The molecule has 5 nitrogen and oxygen atoms in total. The highest BCUT2D eigenvalue weighted by Gasteiger charge is 2.20. The average Bonchev–Trinajstić information content (AvgIpc) is 3.08. The molecule has 7 heteroatoms. The van der Waals surface area contributed by atoms with Crippen molar-refractivity contribution < 1.29 is 4.79 Å². The van der Waals surface area contributed by atoms with Gasteiger partial charge in [0.2, 0.25) is 0 Å². The maximum atomic E-state index is 12.8. The first-order chi connectivity index (χ1) is 11.9. The number of aromatic nitrogens is 3. The molecular formula is C18H22N4OS2. The fraction of sp³-hybridized carbons (Fsp3) is 0.444. The van der Waals surface area contributed by atoms with Gasteiger partial charge in [0, 0.05) is 16.0 Å². The SMILES string of the molecule is CCCc1nc(NC(=O)c2sc3nc(C)nc(C)c3c2C)sc1CC. The first-order valence-electron chi connectivity index (χ1n) is 8.48. The molecule has 1 N–H and O–H groups in total. The van der Waals surface area contributed by atoms with E-state index < -0.39 is 0 Å². The Balaban J connectivity index is 1.93. The molecule has 3 heterocycles. The van der Waals surface area contributed by atoms with Crippen molar-refractivity contribution in [2.24, 2.45) is 0 Å². The van der Waals surface area contributed by atoms with E-state index in [9.17, 15) is 4.79 Å². The third-order valence-corrected chi connectivity index (χ3v) is 6.44. The Morgan fingerprint density at radius 2 is 1.84 bits per heavy atom.